The largest absolute Gasteiger partial charge is 0.486 e. The second-order valence-electron chi connectivity index (χ2n) is 7.47. The number of para-hydroxylation sites is 1. The zero-order valence-corrected chi connectivity index (χ0v) is 19.1. The third-order valence-corrected chi connectivity index (χ3v) is 6.55. The number of hydrogen-bond acceptors (Lipinski definition) is 8. The van der Waals surface area contributed by atoms with Crippen molar-refractivity contribution in [3.63, 3.8) is 0 Å². The van der Waals surface area contributed by atoms with Crippen LogP contribution >= 0.6 is 0 Å². The van der Waals surface area contributed by atoms with Crippen LogP contribution in [0.15, 0.2) is 78.3 Å². The lowest BCUT2D eigenvalue weighted by Gasteiger charge is -2.19. The molecule has 0 atom stereocenters. The summed E-state index contributed by atoms with van der Waals surface area (Å²) in [4.78, 5) is 21.2. The molecule has 0 saturated carbocycles. The van der Waals surface area contributed by atoms with Gasteiger partial charge in [-0.05, 0) is 30.3 Å². The van der Waals surface area contributed by atoms with Crippen LogP contribution in [0.2, 0.25) is 0 Å². The van der Waals surface area contributed by atoms with Gasteiger partial charge in [-0.25, -0.2) is 23.1 Å². The lowest BCUT2D eigenvalue weighted by molar-refractivity contribution is 0.0951. The van der Waals surface area contributed by atoms with Crippen molar-refractivity contribution in [1.29, 1.82) is 0 Å². The van der Waals surface area contributed by atoms with Crippen molar-refractivity contribution >= 4 is 21.6 Å². The molecule has 0 bridgehead atoms. The predicted octanol–water partition coefficient (Wildman–Crippen LogP) is 2.16. The number of hydrogen-bond donors (Lipinski definition) is 2. The topological polar surface area (TPSA) is 137 Å². The third kappa shape index (κ3) is 4.77. The number of amides is 1. The van der Waals surface area contributed by atoms with Gasteiger partial charge >= 0.3 is 0 Å². The Hall–Kier alpha value is -4.45. The fourth-order valence-corrected chi connectivity index (χ4v) is 4.62. The van der Waals surface area contributed by atoms with Crippen LogP contribution in [0.25, 0.3) is 5.82 Å². The fourth-order valence-electron chi connectivity index (χ4n) is 3.53. The molecule has 1 aliphatic heterocycles. The maximum absolute atomic E-state index is 13.1. The number of carbonyl (C=O) groups excluding carboxylic acids is 1. The highest BCUT2D eigenvalue weighted by Crippen LogP contribution is 2.33. The zero-order chi connectivity index (χ0) is 24.3. The Morgan fingerprint density at radius 2 is 1.86 bits per heavy atom. The molecule has 5 rings (SSSR count). The van der Waals surface area contributed by atoms with E-state index in [0.717, 1.165) is 0 Å². The van der Waals surface area contributed by atoms with Crippen molar-refractivity contribution in [2.45, 2.75) is 11.4 Å². The first kappa shape index (κ1) is 22.3. The molecule has 0 unspecified atom stereocenters. The zero-order valence-electron chi connectivity index (χ0n) is 18.3. The summed E-state index contributed by atoms with van der Waals surface area (Å²) in [6.45, 7) is 0.882. The molecule has 12 heteroatoms. The highest BCUT2D eigenvalue weighted by molar-refractivity contribution is 7.92. The lowest BCUT2D eigenvalue weighted by atomic mass is 10.1. The van der Waals surface area contributed by atoms with E-state index in [2.05, 4.69) is 25.1 Å². The first-order chi connectivity index (χ1) is 17.0. The Bertz CT molecular complexity index is 1470. The van der Waals surface area contributed by atoms with Gasteiger partial charge in [-0.3, -0.25) is 9.52 Å². The summed E-state index contributed by atoms with van der Waals surface area (Å²) in [5.41, 5.74) is 1.02. The molecule has 2 N–H and O–H groups in total. The lowest BCUT2D eigenvalue weighted by Crippen LogP contribution is -2.25. The van der Waals surface area contributed by atoms with E-state index in [9.17, 15) is 13.2 Å². The summed E-state index contributed by atoms with van der Waals surface area (Å²) < 4.78 is 41.0. The van der Waals surface area contributed by atoms with Gasteiger partial charge in [-0.1, -0.05) is 18.2 Å². The summed E-state index contributed by atoms with van der Waals surface area (Å²) in [5, 5.41) is 6.89. The molecular weight excluding hydrogens is 472 g/mol. The Balaban J connectivity index is 1.35. The maximum Gasteiger partial charge on any atom is 0.262 e. The first-order valence-electron chi connectivity index (χ1n) is 10.6. The standard InChI is InChI=1S/C23H20N6O5S/c30-23(26-13-16-4-3-9-25-22(16)29-15-24-14-27-29)18-5-1-2-6-19(18)28-35(31,32)17-7-8-20-21(12-17)34-11-10-33-20/h1-9,12,14-15,28H,10-11,13H2,(H,26,30). The number of nitrogens with one attached hydrogen (secondary N) is 2. The third-order valence-electron chi connectivity index (χ3n) is 5.18. The van der Waals surface area contributed by atoms with Gasteiger partial charge in [-0.2, -0.15) is 5.10 Å². The summed E-state index contributed by atoms with van der Waals surface area (Å²) in [6, 6.07) is 14.3. The molecule has 0 saturated heterocycles. The number of anilines is 1. The van der Waals surface area contributed by atoms with Crippen molar-refractivity contribution in [2.75, 3.05) is 17.9 Å². The van der Waals surface area contributed by atoms with Gasteiger partial charge in [0.25, 0.3) is 15.9 Å². The smallest absolute Gasteiger partial charge is 0.262 e. The van der Waals surface area contributed by atoms with Gasteiger partial charge in [0.05, 0.1) is 16.1 Å². The van der Waals surface area contributed by atoms with Gasteiger partial charge in [0.2, 0.25) is 0 Å². The van der Waals surface area contributed by atoms with Crippen LogP contribution in [0, 0.1) is 0 Å². The number of ether oxygens (including phenoxy) is 2. The van der Waals surface area contributed by atoms with E-state index in [1.165, 1.54) is 35.5 Å². The minimum atomic E-state index is -4.00. The molecule has 2 aromatic carbocycles. The minimum Gasteiger partial charge on any atom is -0.486 e. The summed E-state index contributed by atoms with van der Waals surface area (Å²) in [6.07, 6.45) is 4.51. The molecule has 0 spiro atoms. The highest BCUT2D eigenvalue weighted by atomic mass is 32.2. The van der Waals surface area contributed by atoms with E-state index in [1.807, 2.05) is 0 Å². The summed E-state index contributed by atoms with van der Waals surface area (Å²) >= 11 is 0. The van der Waals surface area contributed by atoms with E-state index < -0.39 is 15.9 Å². The second-order valence-corrected chi connectivity index (χ2v) is 9.15. The number of nitrogens with zero attached hydrogens (tertiary/aromatic N) is 4. The van der Waals surface area contributed by atoms with Crippen LogP contribution in [0.4, 0.5) is 5.69 Å². The van der Waals surface area contributed by atoms with E-state index in [1.54, 1.807) is 42.6 Å². The van der Waals surface area contributed by atoms with Crippen LogP contribution in [0.1, 0.15) is 15.9 Å². The maximum atomic E-state index is 13.1. The molecule has 4 aromatic rings. The molecule has 1 aliphatic rings. The van der Waals surface area contributed by atoms with Gasteiger partial charge in [-0.15, -0.1) is 0 Å². The molecule has 0 fully saturated rings. The first-order valence-corrected chi connectivity index (χ1v) is 12.1. The second kappa shape index (κ2) is 9.43. The summed E-state index contributed by atoms with van der Waals surface area (Å²) in [7, 11) is -4.00. The molecule has 0 radical (unpaired) electrons. The van der Waals surface area contributed by atoms with Gasteiger partial charge < -0.3 is 14.8 Å². The van der Waals surface area contributed by atoms with Crippen molar-refractivity contribution in [2.24, 2.45) is 0 Å². The molecular formula is C23H20N6O5S. The molecule has 1 amide bonds. The molecule has 0 aliphatic carbocycles. The number of sulfonamides is 1. The van der Waals surface area contributed by atoms with Crippen molar-refractivity contribution in [1.82, 2.24) is 25.1 Å². The fraction of sp³-hybridized carbons (Fsp3) is 0.130. The van der Waals surface area contributed by atoms with E-state index in [-0.39, 0.29) is 22.7 Å². The van der Waals surface area contributed by atoms with Gasteiger partial charge in [0.15, 0.2) is 17.3 Å². The number of fused-ring (bicyclic) bond motifs is 1. The van der Waals surface area contributed by atoms with Crippen molar-refractivity contribution < 1.29 is 22.7 Å². The molecule has 11 nitrogen and oxygen atoms in total. The monoisotopic (exact) mass is 492 g/mol. The van der Waals surface area contributed by atoms with E-state index in [4.69, 9.17) is 9.47 Å². The average molecular weight is 493 g/mol. The number of rotatable bonds is 7. The van der Waals surface area contributed by atoms with Crippen LogP contribution in [-0.2, 0) is 16.6 Å². The molecule has 3 heterocycles. The van der Waals surface area contributed by atoms with Crippen LogP contribution in [0.5, 0.6) is 11.5 Å². The molecule has 2 aromatic heterocycles. The van der Waals surface area contributed by atoms with Crippen LogP contribution in [0.3, 0.4) is 0 Å². The SMILES string of the molecule is O=C(NCc1cccnc1-n1cncn1)c1ccccc1NS(=O)(=O)c1ccc2c(c1)OCCO2. The van der Waals surface area contributed by atoms with E-state index >= 15 is 0 Å². The highest BCUT2D eigenvalue weighted by Gasteiger charge is 2.22. The van der Waals surface area contributed by atoms with Gasteiger partial charge in [0.1, 0.15) is 25.9 Å². The average Bonchev–Trinajstić information content (AvgIpc) is 3.42. The van der Waals surface area contributed by atoms with Crippen LogP contribution in [-0.4, -0.2) is 47.3 Å². The van der Waals surface area contributed by atoms with Gasteiger partial charge in [0, 0.05) is 24.4 Å². The minimum absolute atomic E-state index is 0.00945. The number of carbonyl (C=O) groups is 1. The Kier molecular flexibility index (Phi) is 6.02. The number of benzene rings is 2. The van der Waals surface area contributed by atoms with Crippen molar-refractivity contribution in [3.05, 3.63) is 84.6 Å². The Morgan fingerprint density at radius 1 is 1.03 bits per heavy atom. The quantitative estimate of drug-likeness (QED) is 0.400. The molecule has 178 valence electrons. The normalized spacial score (nSPS) is 12.7. The van der Waals surface area contributed by atoms with Crippen molar-refractivity contribution in [3.8, 4) is 17.3 Å². The van der Waals surface area contributed by atoms with E-state index in [0.29, 0.717) is 36.1 Å². The predicted molar refractivity (Wildman–Crippen MR) is 125 cm³/mol. The number of aromatic nitrogens is 4. The Labute approximate surface area is 200 Å². The number of pyridine rings is 1. The summed E-state index contributed by atoms with van der Waals surface area (Å²) in [5.74, 6) is 0.900. The van der Waals surface area contributed by atoms with Crippen LogP contribution < -0.4 is 19.5 Å². The molecule has 35 heavy (non-hydrogen) atoms. The Morgan fingerprint density at radius 3 is 2.69 bits per heavy atom.